The van der Waals surface area contributed by atoms with E-state index in [-0.39, 0.29) is 0 Å². The summed E-state index contributed by atoms with van der Waals surface area (Å²) in [4.78, 5) is 14.2. The maximum Gasteiger partial charge on any atom is 0.229 e. The van der Waals surface area contributed by atoms with Crippen LogP contribution in [-0.2, 0) is 9.47 Å². The van der Waals surface area contributed by atoms with Crippen LogP contribution in [0.3, 0.4) is 0 Å². The Balaban J connectivity index is 1.54. The van der Waals surface area contributed by atoms with Crippen LogP contribution in [0.4, 0.5) is 17.8 Å². The molecule has 0 aromatic carbocycles. The lowest BCUT2D eigenvalue weighted by molar-refractivity contribution is 0.0531. The molecule has 3 rings (SSSR count). The molecule has 9 nitrogen and oxygen atoms in total. The lowest BCUT2D eigenvalue weighted by Gasteiger charge is -2.23. The average molecular weight is 492 g/mol. The Morgan fingerprint density at radius 1 is 0.571 bits per heavy atom. The SMILES string of the molecule is CNCCOCCOCCNc1nc(NC2CCCCCCC2)nc(NC2CCCCCCC2)n1. The van der Waals surface area contributed by atoms with Crippen LogP contribution >= 0.6 is 0 Å². The van der Waals surface area contributed by atoms with Crippen LogP contribution in [0, 0.1) is 0 Å². The first-order valence-electron chi connectivity index (χ1n) is 14.2. The Morgan fingerprint density at radius 2 is 1.00 bits per heavy atom. The molecule has 4 N–H and O–H groups in total. The number of ether oxygens (including phenoxy) is 2. The molecule has 0 spiro atoms. The summed E-state index contributed by atoms with van der Waals surface area (Å²) < 4.78 is 11.2. The lowest BCUT2D eigenvalue weighted by atomic mass is 9.97. The maximum absolute atomic E-state index is 5.68. The van der Waals surface area contributed by atoms with Crippen molar-refractivity contribution in [1.29, 1.82) is 0 Å². The minimum atomic E-state index is 0.436. The van der Waals surface area contributed by atoms with E-state index in [9.17, 15) is 0 Å². The van der Waals surface area contributed by atoms with Crippen molar-refractivity contribution < 1.29 is 9.47 Å². The predicted molar refractivity (Wildman–Crippen MR) is 143 cm³/mol. The second-order valence-electron chi connectivity index (χ2n) is 9.93. The van der Waals surface area contributed by atoms with Crippen molar-refractivity contribution in [3.8, 4) is 0 Å². The maximum atomic E-state index is 5.68. The first kappa shape index (κ1) is 27.9. The molecule has 0 aliphatic heterocycles. The summed E-state index contributed by atoms with van der Waals surface area (Å²) in [5, 5.41) is 13.7. The van der Waals surface area contributed by atoms with Crippen molar-refractivity contribution in [3.05, 3.63) is 0 Å². The second-order valence-corrected chi connectivity index (χ2v) is 9.93. The molecule has 2 aliphatic rings. The number of anilines is 3. The van der Waals surface area contributed by atoms with Crippen LogP contribution < -0.4 is 21.3 Å². The van der Waals surface area contributed by atoms with Gasteiger partial charge in [-0.1, -0.05) is 64.2 Å². The van der Waals surface area contributed by atoms with Crippen LogP contribution in [0.15, 0.2) is 0 Å². The summed E-state index contributed by atoms with van der Waals surface area (Å²) in [5.41, 5.74) is 0. The van der Waals surface area contributed by atoms with Gasteiger partial charge in [0.15, 0.2) is 0 Å². The van der Waals surface area contributed by atoms with Gasteiger partial charge in [-0.25, -0.2) is 0 Å². The molecule has 1 aromatic heterocycles. The Kier molecular flexibility index (Phi) is 14.1. The Morgan fingerprint density at radius 3 is 1.49 bits per heavy atom. The first-order chi connectivity index (χ1) is 17.3. The Labute approximate surface area is 212 Å². The number of hydrogen-bond donors (Lipinski definition) is 4. The van der Waals surface area contributed by atoms with E-state index in [1.807, 2.05) is 7.05 Å². The quantitative estimate of drug-likeness (QED) is 0.278. The normalized spacial score (nSPS) is 18.8. The van der Waals surface area contributed by atoms with Gasteiger partial charge in [0.25, 0.3) is 0 Å². The topological polar surface area (TPSA) is 105 Å². The highest BCUT2D eigenvalue weighted by Crippen LogP contribution is 2.22. The zero-order valence-electron chi connectivity index (χ0n) is 22.0. The van der Waals surface area contributed by atoms with Gasteiger partial charge in [-0.2, -0.15) is 15.0 Å². The predicted octanol–water partition coefficient (Wildman–Crippen LogP) is 4.59. The summed E-state index contributed by atoms with van der Waals surface area (Å²) in [7, 11) is 1.92. The summed E-state index contributed by atoms with van der Waals surface area (Å²) in [5.74, 6) is 1.97. The standard InChI is InChI=1S/C26H49N7O2/c1-27-16-18-34-20-21-35-19-17-28-24-31-25(29-22-12-8-4-2-5-9-13-22)33-26(32-24)30-23-14-10-6-3-7-11-15-23/h22-23,27H,2-21H2,1H3,(H3,28,29,30,31,32,33). The molecule has 2 fully saturated rings. The van der Waals surface area contributed by atoms with Crippen molar-refractivity contribution >= 4 is 17.8 Å². The number of aromatic nitrogens is 3. The van der Waals surface area contributed by atoms with Crippen molar-refractivity contribution in [3.63, 3.8) is 0 Å². The largest absolute Gasteiger partial charge is 0.378 e. The molecule has 200 valence electrons. The van der Waals surface area contributed by atoms with Gasteiger partial charge in [0.1, 0.15) is 0 Å². The minimum Gasteiger partial charge on any atom is -0.378 e. The number of hydrogen-bond acceptors (Lipinski definition) is 9. The van der Waals surface area contributed by atoms with E-state index in [2.05, 4.69) is 21.3 Å². The third-order valence-electron chi connectivity index (χ3n) is 6.91. The molecule has 1 aromatic rings. The van der Waals surface area contributed by atoms with Gasteiger partial charge in [-0.3, -0.25) is 0 Å². The fraction of sp³-hybridized carbons (Fsp3) is 0.885. The molecule has 0 atom stereocenters. The minimum absolute atomic E-state index is 0.436. The van der Waals surface area contributed by atoms with E-state index in [0.29, 0.717) is 62.9 Å². The number of rotatable bonds is 14. The number of nitrogens with one attached hydrogen (secondary N) is 4. The smallest absolute Gasteiger partial charge is 0.229 e. The summed E-state index contributed by atoms with van der Waals surface area (Å²) >= 11 is 0. The monoisotopic (exact) mass is 491 g/mol. The van der Waals surface area contributed by atoms with E-state index >= 15 is 0 Å². The molecule has 35 heavy (non-hydrogen) atoms. The van der Waals surface area contributed by atoms with Crippen molar-refractivity contribution in [2.24, 2.45) is 0 Å². The third kappa shape index (κ3) is 12.2. The van der Waals surface area contributed by atoms with Gasteiger partial charge in [-0.05, 0) is 32.7 Å². The molecule has 0 amide bonds. The summed E-state index contributed by atoms with van der Waals surface area (Å²) in [6.07, 6.45) is 17.9. The summed E-state index contributed by atoms with van der Waals surface area (Å²) in [6.45, 7) is 3.99. The second kappa shape index (κ2) is 17.7. The zero-order chi connectivity index (χ0) is 24.4. The van der Waals surface area contributed by atoms with Crippen LogP contribution in [0.25, 0.3) is 0 Å². The number of likely N-dealkylation sites (N-methyl/N-ethyl adjacent to an activating group) is 1. The molecule has 0 unspecified atom stereocenters. The van der Waals surface area contributed by atoms with Crippen LogP contribution in [0.5, 0.6) is 0 Å². The average Bonchev–Trinajstić information content (AvgIpc) is 2.81. The lowest BCUT2D eigenvalue weighted by Crippen LogP contribution is -2.25. The van der Waals surface area contributed by atoms with E-state index < -0.39 is 0 Å². The van der Waals surface area contributed by atoms with Crippen molar-refractivity contribution in [1.82, 2.24) is 20.3 Å². The third-order valence-corrected chi connectivity index (χ3v) is 6.91. The molecule has 0 saturated heterocycles. The molecule has 2 saturated carbocycles. The van der Waals surface area contributed by atoms with Gasteiger partial charge < -0.3 is 30.7 Å². The van der Waals surface area contributed by atoms with Gasteiger partial charge in [-0.15, -0.1) is 0 Å². The van der Waals surface area contributed by atoms with Crippen LogP contribution in [0.2, 0.25) is 0 Å². The fourth-order valence-corrected chi connectivity index (χ4v) is 4.88. The van der Waals surface area contributed by atoms with Crippen LogP contribution in [-0.4, -0.2) is 73.6 Å². The number of nitrogens with zero attached hydrogens (tertiary/aromatic N) is 3. The Hall–Kier alpha value is -1.71. The highest BCUT2D eigenvalue weighted by atomic mass is 16.5. The van der Waals surface area contributed by atoms with Crippen LogP contribution in [0.1, 0.15) is 89.9 Å². The van der Waals surface area contributed by atoms with E-state index in [4.69, 9.17) is 24.4 Å². The van der Waals surface area contributed by atoms with E-state index in [0.717, 1.165) is 6.54 Å². The van der Waals surface area contributed by atoms with E-state index in [1.165, 1.54) is 89.9 Å². The molecule has 0 bridgehead atoms. The first-order valence-corrected chi connectivity index (χ1v) is 14.2. The Bertz CT molecular complexity index is 621. The molecule has 1 heterocycles. The van der Waals surface area contributed by atoms with Gasteiger partial charge in [0.05, 0.1) is 26.4 Å². The summed E-state index contributed by atoms with van der Waals surface area (Å²) in [6, 6.07) is 0.872. The van der Waals surface area contributed by atoms with E-state index in [1.54, 1.807) is 0 Å². The fourth-order valence-electron chi connectivity index (χ4n) is 4.88. The molecular weight excluding hydrogens is 442 g/mol. The highest BCUT2D eigenvalue weighted by Gasteiger charge is 2.17. The molecule has 2 aliphatic carbocycles. The van der Waals surface area contributed by atoms with Crippen molar-refractivity contribution in [2.75, 3.05) is 62.5 Å². The van der Waals surface area contributed by atoms with Gasteiger partial charge >= 0.3 is 0 Å². The molecule has 9 heteroatoms. The zero-order valence-corrected chi connectivity index (χ0v) is 22.0. The van der Waals surface area contributed by atoms with Gasteiger partial charge in [0.2, 0.25) is 17.8 Å². The highest BCUT2D eigenvalue weighted by molar-refractivity contribution is 5.43. The molecular formula is C26H49N7O2. The van der Waals surface area contributed by atoms with Gasteiger partial charge in [0, 0.05) is 25.2 Å². The van der Waals surface area contributed by atoms with Crippen molar-refractivity contribution in [2.45, 2.75) is 102 Å². The molecule has 0 radical (unpaired) electrons.